The van der Waals surface area contributed by atoms with E-state index < -0.39 is 17.8 Å². The summed E-state index contributed by atoms with van der Waals surface area (Å²) in [4.78, 5) is 10.7. The van der Waals surface area contributed by atoms with Gasteiger partial charge in [0.25, 0.3) is 0 Å². The molecular weight excluding hydrogens is 226 g/mol. The Bertz CT molecular complexity index is 379. The van der Waals surface area contributed by atoms with Crippen molar-refractivity contribution in [3.8, 4) is 0 Å². The molecule has 0 radical (unpaired) electrons. The van der Waals surface area contributed by atoms with Gasteiger partial charge in [-0.1, -0.05) is 31.2 Å². The van der Waals surface area contributed by atoms with Crippen LogP contribution in [0.4, 0.5) is 8.78 Å². The first-order valence-corrected chi connectivity index (χ1v) is 5.46. The van der Waals surface area contributed by atoms with Gasteiger partial charge in [-0.05, 0) is 24.5 Å². The summed E-state index contributed by atoms with van der Waals surface area (Å²) < 4.78 is 25.5. The zero-order chi connectivity index (χ0) is 13.1. The average molecular weight is 242 g/mol. The van der Waals surface area contributed by atoms with Gasteiger partial charge in [-0.3, -0.25) is 4.79 Å². The molecule has 1 atom stereocenters. The Morgan fingerprint density at radius 3 is 2.18 bits per heavy atom. The number of benzene rings is 1. The third-order valence-electron chi connectivity index (χ3n) is 2.50. The quantitative estimate of drug-likeness (QED) is 0.861. The lowest BCUT2D eigenvalue weighted by Crippen LogP contribution is -2.14. The van der Waals surface area contributed by atoms with Crippen LogP contribution in [0.2, 0.25) is 0 Å². The Balaban J connectivity index is 2.65. The molecule has 0 aliphatic heterocycles. The molecule has 0 amide bonds. The van der Waals surface area contributed by atoms with Crippen LogP contribution in [0, 0.1) is 5.92 Å². The smallest absolute Gasteiger partial charge is 0.306 e. The van der Waals surface area contributed by atoms with Crippen LogP contribution in [-0.2, 0) is 17.6 Å². The molecule has 17 heavy (non-hydrogen) atoms. The van der Waals surface area contributed by atoms with E-state index in [0.717, 1.165) is 12.5 Å². The van der Waals surface area contributed by atoms with Gasteiger partial charge in [-0.25, -0.2) is 8.78 Å². The van der Waals surface area contributed by atoms with Gasteiger partial charge in [0.05, 0.1) is 5.92 Å². The number of aliphatic carboxylic acids is 1. The summed E-state index contributed by atoms with van der Waals surface area (Å²) in [5.74, 6) is -4.03. The van der Waals surface area contributed by atoms with Crippen LogP contribution < -0.4 is 0 Å². The van der Waals surface area contributed by atoms with Crippen LogP contribution >= 0.6 is 0 Å². The maximum absolute atomic E-state index is 12.7. The van der Waals surface area contributed by atoms with Crippen molar-refractivity contribution in [2.45, 2.75) is 32.6 Å². The van der Waals surface area contributed by atoms with E-state index in [4.69, 9.17) is 5.11 Å². The van der Waals surface area contributed by atoms with Gasteiger partial charge in [-0.2, -0.15) is 0 Å². The topological polar surface area (TPSA) is 37.3 Å². The van der Waals surface area contributed by atoms with Crippen molar-refractivity contribution in [3.63, 3.8) is 0 Å². The SMILES string of the molecule is CC(Cc1ccc(CC(C)(F)F)cc1)C(=O)O. The number of halogens is 2. The maximum Gasteiger partial charge on any atom is 0.306 e. The monoisotopic (exact) mass is 242 g/mol. The Kier molecular flexibility index (Phi) is 4.21. The van der Waals surface area contributed by atoms with Crippen molar-refractivity contribution in [1.29, 1.82) is 0 Å². The Morgan fingerprint density at radius 2 is 1.76 bits per heavy atom. The zero-order valence-electron chi connectivity index (χ0n) is 9.91. The number of carbonyl (C=O) groups is 1. The van der Waals surface area contributed by atoms with E-state index in [2.05, 4.69) is 0 Å². The highest BCUT2D eigenvalue weighted by atomic mass is 19.3. The summed E-state index contributed by atoms with van der Waals surface area (Å²) in [6.45, 7) is 2.50. The predicted octanol–water partition coefficient (Wildman–Crippen LogP) is 3.15. The molecule has 0 aliphatic carbocycles. The number of hydrogen-bond donors (Lipinski definition) is 1. The molecule has 0 aromatic heterocycles. The van der Waals surface area contributed by atoms with Crippen LogP contribution in [0.5, 0.6) is 0 Å². The molecule has 0 bridgehead atoms. The Morgan fingerprint density at radius 1 is 1.29 bits per heavy atom. The van der Waals surface area contributed by atoms with Crippen LogP contribution in [0.15, 0.2) is 24.3 Å². The van der Waals surface area contributed by atoms with Crippen LogP contribution in [0.3, 0.4) is 0 Å². The highest BCUT2D eigenvalue weighted by Gasteiger charge is 2.21. The molecule has 94 valence electrons. The van der Waals surface area contributed by atoms with Crippen LogP contribution in [-0.4, -0.2) is 17.0 Å². The van der Waals surface area contributed by atoms with Gasteiger partial charge < -0.3 is 5.11 Å². The fraction of sp³-hybridized carbons (Fsp3) is 0.462. The molecule has 0 heterocycles. The minimum Gasteiger partial charge on any atom is -0.481 e. The predicted molar refractivity (Wildman–Crippen MR) is 61.3 cm³/mol. The Labute approximate surface area is 99.3 Å². The van der Waals surface area contributed by atoms with E-state index in [1.54, 1.807) is 31.2 Å². The van der Waals surface area contributed by atoms with Crippen molar-refractivity contribution in [1.82, 2.24) is 0 Å². The van der Waals surface area contributed by atoms with Crippen LogP contribution in [0.1, 0.15) is 25.0 Å². The van der Waals surface area contributed by atoms with E-state index >= 15 is 0 Å². The number of carboxylic acids is 1. The minimum atomic E-state index is -2.71. The van der Waals surface area contributed by atoms with Crippen molar-refractivity contribution in [3.05, 3.63) is 35.4 Å². The molecule has 2 nitrogen and oxygen atoms in total. The van der Waals surface area contributed by atoms with E-state index in [9.17, 15) is 13.6 Å². The molecule has 0 spiro atoms. The van der Waals surface area contributed by atoms with Gasteiger partial charge in [0.15, 0.2) is 0 Å². The van der Waals surface area contributed by atoms with Crippen molar-refractivity contribution < 1.29 is 18.7 Å². The number of rotatable bonds is 5. The summed E-state index contributed by atoms with van der Waals surface area (Å²) >= 11 is 0. The summed E-state index contributed by atoms with van der Waals surface area (Å²) in [7, 11) is 0. The molecular formula is C13H16F2O2. The molecule has 0 saturated carbocycles. The lowest BCUT2D eigenvalue weighted by atomic mass is 9.99. The molecule has 1 unspecified atom stereocenters. The number of alkyl halides is 2. The summed E-state index contributed by atoms with van der Waals surface area (Å²) in [5, 5.41) is 8.75. The second-order valence-corrected chi connectivity index (χ2v) is 4.51. The maximum atomic E-state index is 12.7. The highest BCUT2D eigenvalue weighted by Crippen LogP contribution is 2.19. The molecule has 4 heteroatoms. The lowest BCUT2D eigenvalue weighted by Gasteiger charge is -2.11. The molecule has 1 aromatic carbocycles. The van der Waals surface area contributed by atoms with Crippen molar-refractivity contribution >= 4 is 5.97 Å². The first kappa shape index (κ1) is 13.6. The van der Waals surface area contributed by atoms with E-state index in [-0.39, 0.29) is 6.42 Å². The van der Waals surface area contributed by atoms with Gasteiger partial charge >= 0.3 is 5.97 Å². The second kappa shape index (κ2) is 5.25. The van der Waals surface area contributed by atoms with Gasteiger partial charge in [-0.15, -0.1) is 0 Å². The second-order valence-electron chi connectivity index (χ2n) is 4.51. The van der Waals surface area contributed by atoms with Crippen molar-refractivity contribution in [2.24, 2.45) is 5.92 Å². The third-order valence-corrected chi connectivity index (χ3v) is 2.50. The molecule has 1 N–H and O–H groups in total. The lowest BCUT2D eigenvalue weighted by molar-refractivity contribution is -0.141. The summed E-state index contributed by atoms with van der Waals surface area (Å²) in [5.41, 5.74) is 1.41. The first-order valence-electron chi connectivity index (χ1n) is 5.46. The molecule has 0 aliphatic rings. The largest absolute Gasteiger partial charge is 0.481 e. The van der Waals surface area contributed by atoms with Crippen molar-refractivity contribution in [2.75, 3.05) is 0 Å². The van der Waals surface area contributed by atoms with Gasteiger partial charge in [0, 0.05) is 6.42 Å². The molecule has 0 fully saturated rings. The fourth-order valence-electron chi connectivity index (χ4n) is 1.59. The summed E-state index contributed by atoms with van der Waals surface area (Å²) in [6.07, 6.45) is 0.125. The molecule has 1 aromatic rings. The van der Waals surface area contributed by atoms with E-state index in [1.807, 2.05) is 0 Å². The minimum absolute atomic E-state index is 0.290. The highest BCUT2D eigenvalue weighted by molar-refractivity contribution is 5.69. The third kappa shape index (κ3) is 4.93. The van der Waals surface area contributed by atoms with Gasteiger partial charge in [0.1, 0.15) is 0 Å². The molecule has 1 rings (SSSR count). The average Bonchev–Trinajstić information content (AvgIpc) is 2.18. The first-order chi connectivity index (χ1) is 7.78. The molecule has 0 saturated heterocycles. The number of carboxylic acid groups (broad SMARTS) is 1. The fourth-order valence-corrected chi connectivity index (χ4v) is 1.59. The van der Waals surface area contributed by atoms with E-state index in [1.165, 1.54) is 0 Å². The Hall–Kier alpha value is -1.45. The summed E-state index contributed by atoms with van der Waals surface area (Å²) in [6, 6.07) is 6.67. The number of hydrogen-bond acceptors (Lipinski definition) is 1. The zero-order valence-corrected chi connectivity index (χ0v) is 9.91. The normalized spacial score (nSPS) is 13.4. The van der Waals surface area contributed by atoms with Crippen LogP contribution in [0.25, 0.3) is 0 Å². The standard InChI is InChI=1S/C13H16F2O2/c1-9(12(16)17)7-10-3-5-11(6-4-10)8-13(2,14)15/h3-6,9H,7-8H2,1-2H3,(H,16,17). The van der Waals surface area contributed by atoms with Gasteiger partial charge in [0.2, 0.25) is 5.92 Å². The van der Waals surface area contributed by atoms with E-state index in [0.29, 0.717) is 12.0 Å².